The Morgan fingerprint density at radius 1 is 1.00 bits per heavy atom. The molecule has 3 aromatic rings. The molecule has 2 saturated carbocycles. The van der Waals surface area contributed by atoms with E-state index in [1.54, 1.807) is 0 Å². The van der Waals surface area contributed by atoms with Crippen LogP contribution in [0.25, 0.3) is 11.1 Å². The summed E-state index contributed by atoms with van der Waals surface area (Å²) in [5, 5.41) is 48.5. The summed E-state index contributed by atoms with van der Waals surface area (Å²) >= 11 is 6.75. The molecule has 3 aliphatic rings. The maximum atomic E-state index is 13.1. The van der Waals surface area contributed by atoms with Crippen molar-refractivity contribution >= 4 is 23.5 Å². The minimum Gasteiger partial charge on any atom is -0.490 e. The van der Waals surface area contributed by atoms with Crippen molar-refractivity contribution in [3.8, 4) is 16.9 Å². The Hall–Kier alpha value is -3.78. The molecule has 1 saturated heterocycles. The Balaban J connectivity index is 0.942. The average Bonchev–Trinajstić information content (AvgIpc) is 4.14. The first-order chi connectivity index (χ1) is 26.6. The van der Waals surface area contributed by atoms with Crippen LogP contribution in [-0.4, -0.2) is 98.9 Å². The molecule has 3 fully saturated rings. The molecule has 2 aromatic carbocycles. The number of amides is 3. The summed E-state index contributed by atoms with van der Waals surface area (Å²) in [6, 6.07) is 16.0. The summed E-state index contributed by atoms with van der Waals surface area (Å²) in [4.78, 5) is 31.8. The third-order valence-electron chi connectivity index (χ3n) is 11.2. The largest absolute Gasteiger partial charge is 0.490 e. The van der Waals surface area contributed by atoms with Crippen LogP contribution < -0.4 is 20.7 Å². The number of piperidine rings is 1. The number of nitrogens with zero attached hydrogens (tertiary/aromatic N) is 2. The van der Waals surface area contributed by atoms with Crippen molar-refractivity contribution in [1.29, 1.82) is 0 Å². The van der Waals surface area contributed by atoms with Crippen LogP contribution in [0.3, 0.4) is 0 Å². The van der Waals surface area contributed by atoms with E-state index in [9.17, 15) is 24.9 Å². The molecule has 12 nitrogen and oxygen atoms in total. The van der Waals surface area contributed by atoms with Gasteiger partial charge in [-0.3, -0.25) is 9.78 Å². The standard InChI is InChI=1S/C42H56ClN5O7/c1-27(5-4-8-39(52)48-20-14-30(15-21-48)47-41(54)45-26-37(51)40(53)36(50)16-22-49)28-9-12-35(43)29(23-28)24-46-42(17-18-42)34-25-44-19-13-32(34)33-6-2-3-7-38(33)55-31-10-11-31/h2-3,6-7,9,12-13,19,23,25,27,30-31,36-37,40,46,49-51,53H,4-5,8,10-11,14-18,20-22,24,26H2,1H3,(H2,45,47,54)/t27?,36-,37+,40+/m1/s1. The quantitative estimate of drug-likeness (QED) is 0.0906. The van der Waals surface area contributed by atoms with Crippen molar-refractivity contribution in [1.82, 2.24) is 25.8 Å². The van der Waals surface area contributed by atoms with Crippen molar-refractivity contribution in [3.05, 3.63) is 82.6 Å². The second-order valence-electron chi connectivity index (χ2n) is 15.5. The van der Waals surface area contributed by atoms with Gasteiger partial charge in [-0.25, -0.2) is 4.79 Å². The number of aromatic nitrogens is 1. The number of carbonyl (C=O) groups excluding carboxylic acids is 2. The first-order valence-electron chi connectivity index (χ1n) is 19.8. The lowest BCUT2D eigenvalue weighted by molar-refractivity contribution is -0.132. The molecule has 0 radical (unpaired) electrons. The normalized spacial score (nSPS) is 18.9. The SMILES string of the molecule is CC(CCCC(=O)N1CCC(NC(=O)NC[C@H](O)[C@@H](O)[C@H](O)CCO)CC1)c1ccc(Cl)c(CNC2(c3cnccc3-c3ccccc3OC3CC3)CC2)c1. The van der Waals surface area contributed by atoms with Gasteiger partial charge < -0.3 is 46.0 Å². The highest BCUT2D eigenvalue weighted by molar-refractivity contribution is 6.31. The molecule has 7 N–H and O–H groups in total. The highest BCUT2D eigenvalue weighted by atomic mass is 35.5. The number of para-hydroxylation sites is 1. The van der Waals surface area contributed by atoms with E-state index in [2.05, 4.69) is 64.3 Å². The summed E-state index contributed by atoms with van der Waals surface area (Å²) in [5.41, 5.74) is 5.48. The lowest BCUT2D eigenvalue weighted by atomic mass is 9.93. The number of benzene rings is 2. The molecule has 3 amide bonds. The summed E-state index contributed by atoms with van der Waals surface area (Å²) in [5.74, 6) is 1.28. The molecule has 13 heteroatoms. The van der Waals surface area contributed by atoms with E-state index in [0.29, 0.717) is 45.0 Å². The number of aliphatic hydroxyl groups is 4. The second-order valence-corrected chi connectivity index (χ2v) is 15.9. The van der Waals surface area contributed by atoms with Gasteiger partial charge in [0.2, 0.25) is 5.91 Å². The molecule has 1 unspecified atom stereocenters. The zero-order valence-corrected chi connectivity index (χ0v) is 32.4. The fourth-order valence-electron chi connectivity index (χ4n) is 7.41. The molecule has 1 aliphatic heterocycles. The van der Waals surface area contributed by atoms with E-state index < -0.39 is 24.3 Å². The Kier molecular flexibility index (Phi) is 14.0. The summed E-state index contributed by atoms with van der Waals surface area (Å²) < 4.78 is 6.28. The number of carbonyl (C=O) groups is 2. The van der Waals surface area contributed by atoms with Gasteiger partial charge in [0.1, 0.15) is 11.9 Å². The summed E-state index contributed by atoms with van der Waals surface area (Å²) in [6.45, 7) is 3.33. The number of halogens is 1. The monoisotopic (exact) mass is 777 g/mol. The fourth-order valence-corrected chi connectivity index (χ4v) is 7.59. The van der Waals surface area contributed by atoms with Crippen molar-refractivity contribution < 1.29 is 34.8 Å². The number of pyridine rings is 1. The highest BCUT2D eigenvalue weighted by Gasteiger charge is 2.46. The third-order valence-corrected chi connectivity index (χ3v) is 11.6. The minimum atomic E-state index is -1.48. The van der Waals surface area contributed by atoms with Crippen LogP contribution in [0.1, 0.15) is 93.7 Å². The number of urea groups is 1. The van der Waals surface area contributed by atoms with E-state index in [1.807, 2.05) is 29.4 Å². The van der Waals surface area contributed by atoms with Gasteiger partial charge in [0.25, 0.3) is 0 Å². The van der Waals surface area contributed by atoms with Crippen LogP contribution in [0.2, 0.25) is 5.02 Å². The maximum Gasteiger partial charge on any atom is 0.315 e. The van der Waals surface area contributed by atoms with Crippen molar-refractivity contribution in [2.75, 3.05) is 26.2 Å². The van der Waals surface area contributed by atoms with Gasteiger partial charge in [0.05, 0.1) is 18.3 Å². The number of likely N-dealkylation sites (tertiary alicyclic amines) is 1. The van der Waals surface area contributed by atoms with Crippen molar-refractivity contribution in [2.45, 2.75) is 120 Å². The van der Waals surface area contributed by atoms with E-state index in [0.717, 1.165) is 66.0 Å². The molecule has 0 spiro atoms. The van der Waals surface area contributed by atoms with Crippen LogP contribution >= 0.6 is 11.6 Å². The lowest BCUT2D eigenvalue weighted by Gasteiger charge is -2.32. The summed E-state index contributed by atoms with van der Waals surface area (Å²) in [6.07, 6.45) is 7.47. The number of hydrogen-bond acceptors (Lipinski definition) is 9. The zero-order chi connectivity index (χ0) is 39.0. The third kappa shape index (κ3) is 11.0. The van der Waals surface area contributed by atoms with Crippen LogP contribution in [0.5, 0.6) is 5.75 Å². The van der Waals surface area contributed by atoms with Crippen LogP contribution in [0.15, 0.2) is 60.9 Å². The molecule has 0 bridgehead atoms. The first kappa shape index (κ1) is 40.9. The zero-order valence-electron chi connectivity index (χ0n) is 31.6. The Bertz CT molecular complexity index is 1750. The highest BCUT2D eigenvalue weighted by Crippen LogP contribution is 2.50. The predicted molar refractivity (Wildman–Crippen MR) is 211 cm³/mol. The molecule has 298 valence electrons. The number of aliphatic hydroxyl groups excluding tert-OH is 4. The van der Waals surface area contributed by atoms with Gasteiger partial charge in [0.15, 0.2) is 0 Å². The molecule has 4 atom stereocenters. The van der Waals surface area contributed by atoms with Crippen LogP contribution in [0, 0.1) is 0 Å². The molecule has 55 heavy (non-hydrogen) atoms. The molecular weight excluding hydrogens is 722 g/mol. The van der Waals surface area contributed by atoms with E-state index in [4.69, 9.17) is 21.4 Å². The fraction of sp³-hybridized carbons (Fsp3) is 0.548. The topological polar surface area (TPSA) is 177 Å². The van der Waals surface area contributed by atoms with Gasteiger partial charge in [-0.1, -0.05) is 48.9 Å². The molecule has 2 heterocycles. The number of nitrogens with one attached hydrogen (secondary N) is 3. The minimum absolute atomic E-state index is 0.0775. The van der Waals surface area contributed by atoms with Crippen molar-refractivity contribution in [3.63, 3.8) is 0 Å². The number of rotatable bonds is 19. The van der Waals surface area contributed by atoms with Gasteiger partial charge >= 0.3 is 6.03 Å². The molecule has 2 aliphatic carbocycles. The maximum absolute atomic E-state index is 13.1. The van der Waals surface area contributed by atoms with E-state index in [-0.39, 0.29) is 43.0 Å². The van der Waals surface area contributed by atoms with Gasteiger partial charge in [-0.05, 0) is 104 Å². The molecule has 1 aromatic heterocycles. The molecule has 6 rings (SSSR count). The number of hydrogen-bond donors (Lipinski definition) is 7. The first-order valence-corrected chi connectivity index (χ1v) is 20.2. The van der Waals surface area contributed by atoms with Gasteiger partial charge in [-0.15, -0.1) is 0 Å². The van der Waals surface area contributed by atoms with E-state index >= 15 is 0 Å². The Morgan fingerprint density at radius 3 is 2.49 bits per heavy atom. The Labute approximate surface area is 328 Å². The second kappa shape index (κ2) is 18.9. The van der Waals surface area contributed by atoms with Crippen LogP contribution in [0.4, 0.5) is 4.79 Å². The predicted octanol–water partition coefficient (Wildman–Crippen LogP) is 4.75. The molecular formula is C42H56ClN5O7. The van der Waals surface area contributed by atoms with Gasteiger partial charge in [0, 0.05) is 73.8 Å². The van der Waals surface area contributed by atoms with Gasteiger partial charge in [-0.2, -0.15) is 0 Å². The smallest absolute Gasteiger partial charge is 0.315 e. The van der Waals surface area contributed by atoms with Crippen LogP contribution in [-0.2, 0) is 16.9 Å². The lowest BCUT2D eigenvalue weighted by Crippen LogP contribution is -2.51. The van der Waals surface area contributed by atoms with E-state index in [1.165, 1.54) is 11.1 Å². The summed E-state index contributed by atoms with van der Waals surface area (Å²) in [7, 11) is 0. The average molecular weight is 778 g/mol. The number of ether oxygens (including phenoxy) is 1. The van der Waals surface area contributed by atoms with Crippen molar-refractivity contribution in [2.24, 2.45) is 0 Å². The Morgan fingerprint density at radius 2 is 1.76 bits per heavy atom.